The van der Waals surface area contributed by atoms with Gasteiger partial charge in [0, 0.05) is 29.5 Å². The molecule has 2 unspecified atom stereocenters. The molecule has 2 aliphatic carbocycles. The standard InChI is InChI=1S/C21H27N3O/c1-16-7-12-22-18(14-16)19(25)23-20-8-5-9-21(15-20,11-10-20)24-13-4-3-6-17(24)2/h3-4,6-7,12,14H,5,8-11,13,15H2,1-2H3,(H,23,25). The maximum absolute atomic E-state index is 12.8. The van der Waals surface area contributed by atoms with Crippen LogP contribution < -0.4 is 5.32 Å². The predicted molar refractivity (Wildman–Crippen MR) is 99.2 cm³/mol. The first-order chi connectivity index (χ1) is 12.0. The minimum Gasteiger partial charge on any atom is -0.366 e. The molecule has 1 aliphatic heterocycles. The van der Waals surface area contributed by atoms with Crippen LogP contribution in [0.2, 0.25) is 0 Å². The molecule has 4 rings (SSSR count). The Morgan fingerprint density at radius 1 is 1.24 bits per heavy atom. The lowest BCUT2D eigenvalue weighted by Gasteiger charge is -2.48. The van der Waals surface area contributed by atoms with Crippen LogP contribution in [0.5, 0.6) is 0 Å². The number of hydrogen-bond acceptors (Lipinski definition) is 3. The number of rotatable bonds is 3. The van der Waals surface area contributed by atoms with Crippen LogP contribution in [0, 0.1) is 6.92 Å². The zero-order valence-corrected chi connectivity index (χ0v) is 15.2. The van der Waals surface area contributed by atoms with Gasteiger partial charge in [-0.3, -0.25) is 9.78 Å². The lowest BCUT2D eigenvalue weighted by atomic mass is 9.77. The maximum Gasteiger partial charge on any atom is 0.270 e. The molecule has 1 aromatic rings. The Bertz CT molecular complexity index is 753. The maximum atomic E-state index is 12.8. The zero-order valence-electron chi connectivity index (χ0n) is 15.2. The van der Waals surface area contributed by atoms with Crippen LogP contribution in [0.3, 0.4) is 0 Å². The zero-order chi connectivity index (χ0) is 17.5. The molecule has 2 heterocycles. The average molecular weight is 337 g/mol. The van der Waals surface area contributed by atoms with Crippen molar-refractivity contribution in [2.45, 2.75) is 63.5 Å². The molecule has 4 nitrogen and oxygen atoms in total. The second-order valence-corrected chi connectivity index (χ2v) is 8.05. The van der Waals surface area contributed by atoms with Crippen molar-refractivity contribution >= 4 is 5.91 Å². The van der Waals surface area contributed by atoms with E-state index in [0.29, 0.717) is 5.69 Å². The molecule has 25 heavy (non-hydrogen) atoms. The van der Waals surface area contributed by atoms with Gasteiger partial charge in [0.1, 0.15) is 5.69 Å². The van der Waals surface area contributed by atoms with Gasteiger partial charge in [-0.1, -0.05) is 12.2 Å². The van der Waals surface area contributed by atoms with Gasteiger partial charge in [-0.05, 0) is 76.1 Å². The van der Waals surface area contributed by atoms with Crippen molar-refractivity contribution in [2.75, 3.05) is 6.54 Å². The number of aromatic nitrogens is 1. The summed E-state index contributed by atoms with van der Waals surface area (Å²) in [4.78, 5) is 19.6. The van der Waals surface area contributed by atoms with Gasteiger partial charge in [0.15, 0.2) is 0 Å². The lowest BCUT2D eigenvalue weighted by Crippen LogP contribution is -2.55. The number of hydrogen-bond donors (Lipinski definition) is 1. The van der Waals surface area contributed by atoms with Crippen molar-refractivity contribution in [2.24, 2.45) is 0 Å². The summed E-state index contributed by atoms with van der Waals surface area (Å²) in [6.45, 7) is 5.20. The third-order valence-corrected chi connectivity index (χ3v) is 6.32. The number of nitrogens with one attached hydrogen (secondary N) is 1. The van der Waals surface area contributed by atoms with Crippen molar-refractivity contribution in [3.63, 3.8) is 0 Å². The summed E-state index contributed by atoms with van der Waals surface area (Å²) in [7, 11) is 0. The summed E-state index contributed by atoms with van der Waals surface area (Å²) in [6.07, 6.45) is 15.1. The molecule has 1 amide bonds. The molecule has 0 saturated heterocycles. The van der Waals surface area contributed by atoms with Crippen molar-refractivity contribution in [1.82, 2.24) is 15.2 Å². The Labute approximate surface area is 150 Å². The Morgan fingerprint density at radius 3 is 2.92 bits per heavy atom. The highest BCUT2D eigenvalue weighted by molar-refractivity contribution is 5.93. The van der Waals surface area contributed by atoms with Gasteiger partial charge in [0.25, 0.3) is 5.91 Å². The monoisotopic (exact) mass is 337 g/mol. The van der Waals surface area contributed by atoms with E-state index in [0.717, 1.165) is 37.8 Å². The smallest absolute Gasteiger partial charge is 0.270 e. The van der Waals surface area contributed by atoms with Crippen molar-refractivity contribution < 1.29 is 4.79 Å². The topological polar surface area (TPSA) is 45.2 Å². The number of pyridine rings is 1. The summed E-state index contributed by atoms with van der Waals surface area (Å²) in [5, 5.41) is 3.38. The van der Waals surface area contributed by atoms with Gasteiger partial charge in [-0.15, -0.1) is 0 Å². The van der Waals surface area contributed by atoms with E-state index in [1.807, 2.05) is 19.1 Å². The highest BCUT2D eigenvalue weighted by Gasteiger charge is 2.54. The number of nitrogens with zero attached hydrogens (tertiary/aromatic N) is 2. The molecule has 0 radical (unpaired) electrons. The Kier molecular flexibility index (Phi) is 3.94. The van der Waals surface area contributed by atoms with Crippen LogP contribution in [0.25, 0.3) is 0 Å². The van der Waals surface area contributed by atoms with Gasteiger partial charge < -0.3 is 10.2 Å². The lowest BCUT2D eigenvalue weighted by molar-refractivity contribution is 0.0753. The molecule has 2 fully saturated rings. The Balaban J connectivity index is 1.54. The number of carbonyl (C=O) groups is 1. The van der Waals surface area contributed by atoms with E-state index in [-0.39, 0.29) is 17.0 Å². The van der Waals surface area contributed by atoms with Gasteiger partial charge in [-0.25, -0.2) is 0 Å². The van der Waals surface area contributed by atoms with E-state index in [1.54, 1.807) is 6.20 Å². The molecular weight excluding hydrogens is 310 g/mol. The summed E-state index contributed by atoms with van der Waals surface area (Å²) in [6, 6.07) is 3.80. The molecule has 2 bridgehead atoms. The largest absolute Gasteiger partial charge is 0.366 e. The fourth-order valence-electron chi connectivity index (χ4n) is 5.14. The van der Waals surface area contributed by atoms with E-state index in [9.17, 15) is 4.79 Å². The molecule has 132 valence electrons. The summed E-state index contributed by atoms with van der Waals surface area (Å²) < 4.78 is 0. The molecule has 3 aliphatic rings. The Hall–Kier alpha value is -2.10. The molecule has 1 N–H and O–H groups in total. The predicted octanol–water partition coefficient (Wildman–Crippen LogP) is 3.74. The third-order valence-electron chi connectivity index (χ3n) is 6.32. The second kappa shape index (κ2) is 6.01. The van der Waals surface area contributed by atoms with Gasteiger partial charge in [0.05, 0.1) is 0 Å². The molecule has 2 atom stereocenters. The van der Waals surface area contributed by atoms with Crippen LogP contribution in [-0.2, 0) is 0 Å². The molecular formula is C21H27N3O. The number of amides is 1. The second-order valence-electron chi connectivity index (χ2n) is 8.05. The fraction of sp³-hybridized carbons (Fsp3) is 0.524. The highest BCUT2D eigenvalue weighted by Crippen LogP contribution is 2.52. The molecule has 0 aromatic carbocycles. The first kappa shape index (κ1) is 16.4. The van der Waals surface area contributed by atoms with E-state index in [1.165, 1.54) is 18.5 Å². The normalized spacial score (nSPS) is 31.0. The molecule has 1 aromatic heterocycles. The van der Waals surface area contributed by atoms with Crippen LogP contribution in [-0.4, -0.2) is 33.4 Å². The van der Waals surface area contributed by atoms with Gasteiger partial charge in [0.2, 0.25) is 0 Å². The number of carbonyl (C=O) groups excluding carboxylic acids is 1. The van der Waals surface area contributed by atoms with E-state index < -0.39 is 0 Å². The first-order valence-corrected chi connectivity index (χ1v) is 9.38. The third kappa shape index (κ3) is 2.88. The average Bonchev–Trinajstić information content (AvgIpc) is 2.86. The van der Waals surface area contributed by atoms with Gasteiger partial charge >= 0.3 is 0 Å². The van der Waals surface area contributed by atoms with E-state index >= 15 is 0 Å². The van der Waals surface area contributed by atoms with Crippen molar-refractivity contribution in [3.8, 4) is 0 Å². The first-order valence-electron chi connectivity index (χ1n) is 9.38. The SMILES string of the molecule is CC1=CC=CCN1C12CCCC(NC(=O)c3cc(C)ccn3)(CC1)C2. The number of allylic oxidation sites excluding steroid dienone is 3. The van der Waals surface area contributed by atoms with E-state index in [4.69, 9.17) is 0 Å². The minimum absolute atomic E-state index is 0.0211. The quantitative estimate of drug-likeness (QED) is 0.914. The number of fused-ring (bicyclic) bond motifs is 2. The summed E-state index contributed by atoms with van der Waals surface area (Å²) in [5.41, 5.74) is 3.10. The van der Waals surface area contributed by atoms with Crippen LogP contribution in [0.1, 0.15) is 61.5 Å². The summed E-state index contributed by atoms with van der Waals surface area (Å²) >= 11 is 0. The van der Waals surface area contributed by atoms with Crippen LogP contribution >= 0.6 is 0 Å². The van der Waals surface area contributed by atoms with E-state index in [2.05, 4.69) is 40.4 Å². The van der Waals surface area contributed by atoms with Crippen LogP contribution in [0.4, 0.5) is 0 Å². The van der Waals surface area contributed by atoms with Crippen molar-refractivity contribution in [1.29, 1.82) is 0 Å². The molecule has 4 heteroatoms. The van der Waals surface area contributed by atoms with Gasteiger partial charge in [-0.2, -0.15) is 0 Å². The van der Waals surface area contributed by atoms with Crippen LogP contribution in [0.15, 0.2) is 42.3 Å². The number of aryl methyl sites for hydroxylation is 1. The summed E-state index contributed by atoms with van der Waals surface area (Å²) in [5.74, 6) is -0.0211. The van der Waals surface area contributed by atoms with Crippen molar-refractivity contribution in [3.05, 3.63) is 53.5 Å². The fourth-order valence-corrected chi connectivity index (χ4v) is 5.14. The minimum atomic E-state index is -0.0673. The highest BCUT2D eigenvalue weighted by atomic mass is 16.2. The molecule has 0 spiro atoms. The Morgan fingerprint density at radius 2 is 2.12 bits per heavy atom. The molecule has 2 saturated carbocycles.